The monoisotopic (exact) mass is 407 g/mol. The molecule has 0 bridgehead atoms. The summed E-state index contributed by atoms with van der Waals surface area (Å²) in [4.78, 5) is 14.1. The van der Waals surface area contributed by atoms with Crippen LogP contribution in [0.4, 0.5) is 5.69 Å². The highest BCUT2D eigenvalue weighted by atomic mass is 127. The summed E-state index contributed by atoms with van der Waals surface area (Å²) in [5.41, 5.74) is 0.997. The number of benzene rings is 1. The van der Waals surface area contributed by atoms with Gasteiger partial charge in [-0.3, -0.25) is 4.79 Å². The van der Waals surface area contributed by atoms with Crippen LogP contribution in [-0.4, -0.2) is 13.0 Å². The highest BCUT2D eigenvalue weighted by molar-refractivity contribution is 14.1. The highest BCUT2D eigenvalue weighted by Gasteiger charge is 2.26. The van der Waals surface area contributed by atoms with Crippen molar-refractivity contribution in [2.24, 2.45) is 5.92 Å². The lowest BCUT2D eigenvalue weighted by Crippen LogP contribution is -2.32. The molecule has 17 heavy (non-hydrogen) atoms. The maximum Gasteiger partial charge on any atom is 0.229 e. The van der Waals surface area contributed by atoms with Gasteiger partial charge in [-0.05, 0) is 53.6 Å². The minimum Gasteiger partial charge on any atom is -0.314 e. The van der Waals surface area contributed by atoms with E-state index < -0.39 is 0 Å². The van der Waals surface area contributed by atoms with Crippen molar-refractivity contribution in [2.45, 2.75) is 25.7 Å². The number of carbonyl (C=O) groups excluding carboxylic acids is 1. The molecule has 0 spiro atoms. The second-order valence-corrected chi connectivity index (χ2v) is 6.55. The van der Waals surface area contributed by atoms with Gasteiger partial charge in [0.2, 0.25) is 5.91 Å². The summed E-state index contributed by atoms with van der Waals surface area (Å²) in [7, 11) is 1.88. The van der Waals surface area contributed by atoms with Crippen LogP contribution < -0.4 is 4.90 Å². The summed E-state index contributed by atoms with van der Waals surface area (Å²) in [5, 5.41) is 0. The third kappa shape index (κ3) is 3.02. The maximum atomic E-state index is 12.3. The zero-order valence-corrected chi connectivity index (χ0v) is 13.5. The minimum atomic E-state index is 0.231. The molecule has 0 radical (unpaired) electrons. The zero-order valence-electron chi connectivity index (χ0n) is 9.75. The molecule has 0 aliphatic heterocycles. The Labute approximate surface area is 124 Å². The van der Waals surface area contributed by atoms with E-state index in [2.05, 4.69) is 38.5 Å². The number of carbonyl (C=O) groups is 1. The SMILES string of the molecule is CN(C(=O)C1CCCC1)c1cc(Br)ccc1I. The van der Waals surface area contributed by atoms with Crippen molar-refractivity contribution in [3.63, 3.8) is 0 Å². The molecule has 0 aromatic heterocycles. The quantitative estimate of drug-likeness (QED) is 0.672. The molecule has 1 aliphatic rings. The smallest absolute Gasteiger partial charge is 0.229 e. The Morgan fingerprint density at radius 1 is 1.41 bits per heavy atom. The van der Waals surface area contributed by atoms with Crippen LogP contribution in [0.2, 0.25) is 0 Å². The van der Waals surface area contributed by atoms with Crippen LogP contribution in [0.25, 0.3) is 0 Å². The molecule has 1 amide bonds. The first-order valence-corrected chi connectivity index (χ1v) is 7.69. The van der Waals surface area contributed by atoms with E-state index in [1.807, 2.05) is 30.1 Å². The molecular weight excluding hydrogens is 393 g/mol. The molecule has 92 valence electrons. The first kappa shape index (κ1) is 13.3. The molecule has 1 aliphatic carbocycles. The highest BCUT2D eigenvalue weighted by Crippen LogP contribution is 2.31. The molecule has 0 atom stereocenters. The van der Waals surface area contributed by atoms with Crippen molar-refractivity contribution in [1.82, 2.24) is 0 Å². The van der Waals surface area contributed by atoms with Gasteiger partial charge in [-0.2, -0.15) is 0 Å². The summed E-state index contributed by atoms with van der Waals surface area (Å²) in [6, 6.07) is 6.03. The average molecular weight is 408 g/mol. The van der Waals surface area contributed by atoms with Crippen LogP contribution in [-0.2, 0) is 4.79 Å². The Balaban J connectivity index is 2.20. The fourth-order valence-corrected chi connectivity index (χ4v) is 3.35. The van der Waals surface area contributed by atoms with E-state index >= 15 is 0 Å². The van der Waals surface area contributed by atoms with Crippen molar-refractivity contribution in [2.75, 3.05) is 11.9 Å². The van der Waals surface area contributed by atoms with E-state index in [1.165, 1.54) is 12.8 Å². The Morgan fingerprint density at radius 3 is 2.71 bits per heavy atom. The fourth-order valence-electron chi connectivity index (χ4n) is 2.31. The Hall–Kier alpha value is -0.100. The van der Waals surface area contributed by atoms with E-state index in [0.717, 1.165) is 26.6 Å². The number of anilines is 1. The third-order valence-corrected chi connectivity index (χ3v) is 4.71. The molecule has 2 rings (SSSR count). The topological polar surface area (TPSA) is 20.3 Å². The van der Waals surface area contributed by atoms with Gasteiger partial charge in [0.1, 0.15) is 0 Å². The van der Waals surface area contributed by atoms with Crippen molar-refractivity contribution in [3.05, 3.63) is 26.2 Å². The van der Waals surface area contributed by atoms with Gasteiger partial charge in [0.05, 0.1) is 5.69 Å². The largest absolute Gasteiger partial charge is 0.314 e. The van der Waals surface area contributed by atoms with E-state index in [9.17, 15) is 4.79 Å². The number of hydrogen-bond acceptors (Lipinski definition) is 1. The zero-order chi connectivity index (χ0) is 12.4. The summed E-state index contributed by atoms with van der Waals surface area (Å²) in [6.07, 6.45) is 4.49. The van der Waals surface area contributed by atoms with Crippen molar-refractivity contribution >= 4 is 50.1 Å². The summed E-state index contributed by atoms with van der Waals surface area (Å²) < 4.78 is 2.12. The molecule has 1 aromatic carbocycles. The lowest BCUT2D eigenvalue weighted by atomic mass is 10.1. The van der Waals surface area contributed by atoms with E-state index in [0.29, 0.717) is 0 Å². The normalized spacial score (nSPS) is 16.2. The average Bonchev–Trinajstić information content (AvgIpc) is 2.84. The molecule has 1 saturated carbocycles. The molecule has 0 heterocycles. The summed E-state index contributed by atoms with van der Waals surface area (Å²) in [5.74, 6) is 0.494. The minimum absolute atomic E-state index is 0.231. The van der Waals surface area contributed by atoms with Crippen LogP contribution in [0.5, 0.6) is 0 Å². The summed E-state index contributed by atoms with van der Waals surface area (Å²) >= 11 is 5.73. The van der Waals surface area contributed by atoms with E-state index in [4.69, 9.17) is 0 Å². The van der Waals surface area contributed by atoms with Gasteiger partial charge in [-0.25, -0.2) is 0 Å². The summed E-state index contributed by atoms with van der Waals surface area (Å²) in [6.45, 7) is 0. The first-order chi connectivity index (χ1) is 8.09. The number of rotatable bonds is 2. The fraction of sp³-hybridized carbons (Fsp3) is 0.462. The van der Waals surface area contributed by atoms with Crippen molar-refractivity contribution < 1.29 is 4.79 Å². The van der Waals surface area contributed by atoms with Gasteiger partial charge >= 0.3 is 0 Å². The van der Waals surface area contributed by atoms with Gasteiger partial charge in [-0.1, -0.05) is 28.8 Å². The first-order valence-electron chi connectivity index (χ1n) is 5.82. The Kier molecular flexibility index (Phi) is 4.47. The standard InChI is InChI=1S/C13H15BrINO/c1-16(13(17)9-4-2-3-5-9)12-8-10(14)6-7-11(12)15/h6-9H,2-5H2,1H3. The molecule has 0 N–H and O–H groups in total. The number of amides is 1. The van der Waals surface area contributed by atoms with Crippen LogP contribution in [0.15, 0.2) is 22.7 Å². The Morgan fingerprint density at radius 2 is 2.06 bits per heavy atom. The second-order valence-electron chi connectivity index (χ2n) is 4.47. The molecule has 0 saturated heterocycles. The predicted octanol–water partition coefficient (Wildman–Crippen LogP) is 4.21. The Bertz CT molecular complexity index is 429. The second kappa shape index (κ2) is 5.69. The number of hydrogen-bond donors (Lipinski definition) is 0. The molecule has 0 unspecified atom stereocenters. The van der Waals surface area contributed by atoms with Crippen molar-refractivity contribution in [1.29, 1.82) is 0 Å². The van der Waals surface area contributed by atoms with Gasteiger partial charge in [0, 0.05) is 21.0 Å². The van der Waals surface area contributed by atoms with E-state index in [-0.39, 0.29) is 11.8 Å². The predicted molar refractivity (Wildman–Crippen MR) is 82.2 cm³/mol. The molecule has 1 fully saturated rings. The van der Waals surface area contributed by atoms with Crippen molar-refractivity contribution in [3.8, 4) is 0 Å². The van der Waals surface area contributed by atoms with E-state index in [1.54, 1.807) is 0 Å². The molecule has 4 heteroatoms. The number of halogens is 2. The molecule has 2 nitrogen and oxygen atoms in total. The van der Waals surface area contributed by atoms with Gasteiger partial charge in [0.15, 0.2) is 0 Å². The maximum absolute atomic E-state index is 12.3. The van der Waals surface area contributed by atoms with Gasteiger partial charge in [0.25, 0.3) is 0 Å². The third-order valence-electron chi connectivity index (χ3n) is 3.30. The lowest BCUT2D eigenvalue weighted by molar-refractivity contribution is -0.121. The number of nitrogens with zero attached hydrogens (tertiary/aromatic N) is 1. The van der Waals surface area contributed by atoms with Gasteiger partial charge < -0.3 is 4.90 Å². The van der Waals surface area contributed by atoms with Crippen LogP contribution in [0.3, 0.4) is 0 Å². The van der Waals surface area contributed by atoms with Gasteiger partial charge in [-0.15, -0.1) is 0 Å². The van der Waals surface area contributed by atoms with Crippen LogP contribution in [0, 0.1) is 9.49 Å². The van der Waals surface area contributed by atoms with Crippen LogP contribution in [0.1, 0.15) is 25.7 Å². The lowest BCUT2D eigenvalue weighted by Gasteiger charge is -2.22. The van der Waals surface area contributed by atoms with Crippen LogP contribution >= 0.6 is 38.5 Å². The molecular formula is C13H15BrINO. The molecule has 1 aromatic rings.